The molecule has 3 nitrogen and oxygen atoms in total. The van der Waals surface area contributed by atoms with Crippen molar-refractivity contribution in [3.63, 3.8) is 0 Å². The van der Waals surface area contributed by atoms with E-state index in [0.29, 0.717) is 12.4 Å². The largest absolute Gasteiger partial charge is 0.482 e. The zero-order chi connectivity index (χ0) is 11.1. The quantitative estimate of drug-likeness (QED) is 0.774. The van der Waals surface area contributed by atoms with Gasteiger partial charge in [-0.15, -0.1) is 0 Å². The third-order valence-corrected chi connectivity index (χ3v) is 2.17. The standard InChI is InChI=1S/C11H13BrO3/c1-2-7-14-11(13)8-15-10-5-3-9(12)4-6-10/h3-6H,2,7-8H2,1H3. The molecule has 1 aromatic rings. The van der Waals surface area contributed by atoms with Gasteiger partial charge in [-0.25, -0.2) is 4.79 Å². The van der Waals surface area contributed by atoms with Gasteiger partial charge < -0.3 is 9.47 Å². The molecule has 0 N–H and O–H groups in total. The summed E-state index contributed by atoms with van der Waals surface area (Å²) in [6.07, 6.45) is 0.823. The lowest BCUT2D eigenvalue weighted by Crippen LogP contribution is -2.15. The second kappa shape index (κ2) is 6.45. The van der Waals surface area contributed by atoms with E-state index in [2.05, 4.69) is 15.9 Å². The van der Waals surface area contributed by atoms with Crippen LogP contribution < -0.4 is 4.74 Å². The molecule has 0 radical (unpaired) electrons. The predicted octanol–water partition coefficient (Wildman–Crippen LogP) is 2.78. The molecule has 15 heavy (non-hydrogen) atoms. The van der Waals surface area contributed by atoms with Crippen LogP contribution in [0, 0.1) is 0 Å². The Morgan fingerprint density at radius 1 is 1.33 bits per heavy atom. The molecular weight excluding hydrogens is 260 g/mol. The van der Waals surface area contributed by atoms with Crippen LogP contribution in [0.1, 0.15) is 13.3 Å². The summed E-state index contributed by atoms with van der Waals surface area (Å²) in [5.41, 5.74) is 0. The number of hydrogen-bond acceptors (Lipinski definition) is 3. The van der Waals surface area contributed by atoms with Crippen LogP contribution in [-0.2, 0) is 9.53 Å². The van der Waals surface area contributed by atoms with Crippen LogP contribution in [0.25, 0.3) is 0 Å². The van der Waals surface area contributed by atoms with Gasteiger partial charge >= 0.3 is 5.97 Å². The molecule has 0 aliphatic rings. The molecule has 0 amide bonds. The van der Waals surface area contributed by atoms with E-state index >= 15 is 0 Å². The van der Waals surface area contributed by atoms with Crippen LogP contribution in [0.3, 0.4) is 0 Å². The van der Waals surface area contributed by atoms with Crippen molar-refractivity contribution in [2.75, 3.05) is 13.2 Å². The van der Waals surface area contributed by atoms with Gasteiger partial charge in [0, 0.05) is 4.47 Å². The minimum atomic E-state index is -0.334. The lowest BCUT2D eigenvalue weighted by atomic mass is 10.3. The van der Waals surface area contributed by atoms with Gasteiger partial charge in [-0.1, -0.05) is 22.9 Å². The van der Waals surface area contributed by atoms with Gasteiger partial charge in [0.1, 0.15) is 5.75 Å². The SMILES string of the molecule is CCCOC(=O)COc1ccc(Br)cc1. The first-order valence-corrected chi connectivity index (χ1v) is 5.55. The number of carbonyl (C=O) groups is 1. The molecule has 0 aliphatic carbocycles. The molecule has 0 aliphatic heterocycles. The maximum atomic E-state index is 11.1. The van der Waals surface area contributed by atoms with Crippen molar-refractivity contribution in [3.05, 3.63) is 28.7 Å². The van der Waals surface area contributed by atoms with E-state index in [1.54, 1.807) is 12.1 Å². The average Bonchev–Trinajstić information content (AvgIpc) is 2.25. The van der Waals surface area contributed by atoms with Crippen LogP contribution >= 0.6 is 15.9 Å². The highest BCUT2D eigenvalue weighted by Crippen LogP contribution is 2.15. The Labute approximate surface area is 97.5 Å². The van der Waals surface area contributed by atoms with Crippen molar-refractivity contribution in [1.29, 1.82) is 0 Å². The molecule has 4 heteroatoms. The van der Waals surface area contributed by atoms with Crippen molar-refractivity contribution < 1.29 is 14.3 Å². The van der Waals surface area contributed by atoms with Crippen molar-refractivity contribution >= 4 is 21.9 Å². The van der Waals surface area contributed by atoms with Gasteiger partial charge in [-0.05, 0) is 30.7 Å². The van der Waals surface area contributed by atoms with Crippen molar-refractivity contribution in [2.45, 2.75) is 13.3 Å². The summed E-state index contributed by atoms with van der Waals surface area (Å²) in [4.78, 5) is 11.1. The molecule has 0 unspecified atom stereocenters. The minimum Gasteiger partial charge on any atom is -0.482 e. The zero-order valence-electron chi connectivity index (χ0n) is 8.53. The first kappa shape index (κ1) is 12.0. The molecule has 0 bridgehead atoms. The summed E-state index contributed by atoms with van der Waals surface area (Å²) in [5.74, 6) is 0.325. The fraction of sp³-hybridized carbons (Fsp3) is 0.364. The lowest BCUT2D eigenvalue weighted by Gasteiger charge is -2.05. The zero-order valence-corrected chi connectivity index (χ0v) is 10.1. The van der Waals surface area contributed by atoms with E-state index in [4.69, 9.17) is 9.47 Å². The Hall–Kier alpha value is -1.03. The Bertz CT molecular complexity index is 308. The molecular formula is C11H13BrO3. The summed E-state index contributed by atoms with van der Waals surface area (Å²) < 4.78 is 11.1. The van der Waals surface area contributed by atoms with Crippen LogP contribution in [0.5, 0.6) is 5.75 Å². The van der Waals surface area contributed by atoms with Gasteiger partial charge in [-0.2, -0.15) is 0 Å². The number of esters is 1. The van der Waals surface area contributed by atoms with Crippen molar-refractivity contribution in [1.82, 2.24) is 0 Å². The van der Waals surface area contributed by atoms with Crippen LogP contribution in [0.4, 0.5) is 0 Å². The molecule has 82 valence electrons. The third kappa shape index (κ3) is 4.83. The Morgan fingerprint density at radius 2 is 2.00 bits per heavy atom. The van der Waals surface area contributed by atoms with Crippen molar-refractivity contribution in [2.24, 2.45) is 0 Å². The number of ether oxygens (including phenoxy) is 2. The maximum Gasteiger partial charge on any atom is 0.344 e. The molecule has 0 heterocycles. The molecule has 0 fully saturated rings. The number of benzene rings is 1. The van der Waals surface area contributed by atoms with E-state index in [1.807, 2.05) is 19.1 Å². The van der Waals surface area contributed by atoms with Gasteiger partial charge in [0.2, 0.25) is 0 Å². The molecule has 0 saturated carbocycles. The number of halogens is 1. The Kier molecular flexibility index (Phi) is 5.18. The Morgan fingerprint density at radius 3 is 2.60 bits per heavy atom. The highest BCUT2D eigenvalue weighted by molar-refractivity contribution is 9.10. The first-order valence-electron chi connectivity index (χ1n) is 4.76. The molecule has 1 aromatic carbocycles. The minimum absolute atomic E-state index is 0.0400. The lowest BCUT2D eigenvalue weighted by molar-refractivity contribution is -0.146. The van der Waals surface area contributed by atoms with Crippen LogP contribution in [0.15, 0.2) is 28.7 Å². The van der Waals surface area contributed by atoms with E-state index in [9.17, 15) is 4.79 Å². The number of carbonyl (C=O) groups excluding carboxylic acids is 1. The summed E-state index contributed by atoms with van der Waals surface area (Å²) in [6, 6.07) is 7.29. The normalized spacial score (nSPS) is 9.73. The second-order valence-electron chi connectivity index (χ2n) is 2.96. The smallest absolute Gasteiger partial charge is 0.344 e. The van der Waals surface area contributed by atoms with E-state index in [1.165, 1.54) is 0 Å². The first-order chi connectivity index (χ1) is 7.22. The number of hydrogen-bond donors (Lipinski definition) is 0. The molecule has 0 atom stereocenters. The maximum absolute atomic E-state index is 11.1. The molecule has 0 spiro atoms. The van der Waals surface area contributed by atoms with Crippen LogP contribution in [-0.4, -0.2) is 19.2 Å². The van der Waals surface area contributed by atoms with E-state index in [-0.39, 0.29) is 12.6 Å². The van der Waals surface area contributed by atoms with Gasteiger partial charge in [0.25, 0.3) is 0 Å². The molecule has 0 saturated heterocycles. The third-order valence-electron chi connectivity index (χ3n) is 1.64. The fourth-order valence-corrected chi connectivity index (χ4v) is 1.19. The monoisotopic (exact) mass is 272 g/mol. The number of rotatable bonds is 5. The van der Waals surface area contributed by atoms with Crippen LogP contribution in [0.2, 0.25) is 0 Å². The Balaban J connectivity index is 2.30. The molecule has 1 rings (SSSR count). The predicted molar refractivity (Wildman–Crippen MR) is 60.9 cm³/mol. The summed E-state index contributed by atoms with van der Waals surface area (Å²) in [5, 5.41) is 0. The van der Waals surface area contributed by atoms with E-state index in [0.717, 1.165) is 10.9 Å². The summed E-state index contributed by atoms with van der Waals surface area (Å²) in [7, 11) is 0. The van der Waals surface area contributed by atoms with E-state index < -0.39 is 0 Å². The fourth-order valence-electron chi connectivity index (χ4n) is 0.931. The second-order valence-corrected chi connectivity index (χ2v) is 3.88. The highest BCUT2D eigenvalue weighted by Gasteiger charge is 2.02. The average molecular weight is 273 g/mol. The van der Waals surface area contributed by atoms with Gasteiger partial charge in [-0.3, -0.25) is 0 Å². The summed E-state index contributed by atoms with van der Waals surface area (Å²) in [6.45, 7) is 2.35. The summed E-state index contributed by atoms with van der Waals surface area (Å²) >= 11 is 3.31. The highest BCUT2D eigenvalue weighted by atomic mass is 79.9. The van der Waals surface area contributed by atoms with Crippen molar-refractivity contribution in [3.8, 4) is 5.75 Å². The topological polar surface area (TPSA) is 35.5 Å². The van der Waals surface area contributed by atoms with Gasteiger partial charge in [0.15, 0.2) is 6.61 Å². The molecule has 0 aromatic heterocycles. The van der Waals surface area contributed by atoms with Gasteiger partial charge in [0.05, 0.1) is 6.61 Å².